The molecule has 0 spiro atoms. The Balaban J connectivity index is 1.22. The molecule has 0 aromatic heterocycles. The number of hydrogen-bond donors (Lipinski definition) is 1. The Hall–Kier alpha value is -3.36. The molecule has 0 radical (unpaired) electrons. The Morgan fingerprint density at radius 2 is 1.32 bits per heavy atom. The highest BCUT2D eigenvalue weighted by Gasteiger charge is 2.37. The summed E-state index contributed by atoms with van der Waals surface area (Å²) < 4.78 is 13.1. The van der Waals surface area contributed by atoms with E-state index in [0.29, 0.717) is 16.8 Å². The number of amides is 2. The first-order valence-corrected chi connectivity index (χ1v) is 14.4. The van der Waals surface area contributed by atoms with Crippen LogP contribution in [0.4, 0.5) is 5.69 Å². The van der Waals surface area contributed by atoms with Gasteiger partial charge in [0.1, 0.15) is 0 Å². The van der Waals surface area contributed by atoms with Gasteiger partial charge in [-0.3, -0.25) is 9.59 Å². The number of carbonyl (C=O) groups is 2. The molecule has 0 aliphatic carbocycles. The Morgan fingerprint density at radius 3 is 1.95 bits per heavy atom. The zero-order valence-corrected chi connectivity index (χ0v) is 22.7. The van der Waals surface area contributed by atoms with E-state index in [-0.39, 0.29) is 30.6 Å². The molecule has 2 fully saturated rings. The summed E-state index contributed by atoms with van der Waals surface area (Å²) in [5.74, 6) is -0.614. The number of imide groups is 1. The summed E-state index contributed by atoms with van der Waals surface area (Å²) in [6.45, 7) is 3.05. The maximum absolute atomic E-state index is 13.0. The summed E-state index contributed by atoms with van der Waals surface area (Å²) in [5.41, 5.74) is 4.16. The van der Waals surface area contributed by atoms with Gasteiger partial charge >= 0.3 is 0 Å². The van der Waals surface area contributed by atoms with Gasteiger partial charge in [0.2, 0.25) is 0 Å². The molecule has 6 rings (SSSR count). The monoisotopic (exact) mass is 540 g/mol. The van der Waals surface area contributed by atoms with Crippen LogP contribution in [0.3, 0.4) is 0 Å². The molecule has 2 saturated heterocycles. The van der Waals surface area contributed by atoms with E-state index in [0.717, 1.165) is 42.7 Å². The fourth-order valence-corrected chi connectivity index (χ4v) is 6.02. The number of rotatable bonds is 6. The van der Waals surface area contributed by atoms with Crippen molar-refractivity contribution in [3.63, 3.8) is 0 Å². The summed E-state index contributed by atoms with van der Waals surface area (Å²) in [5, 5.41) is 9.48. The molecule has 3 aromatic carbocycles. The lowest BCUT2D eigenvalue weighted by molar-refractivity contribution is -0.253. The average molecular weight is 541 g/mol. The third kappa shape index (κ3) is 5.60. The second kappa shape index (κ2) is 12.0. The molecule has 3 atom stereocenters. The number of likely N-dealkylation sites (tertiary alicyclic amines) is 1. The van der Waals surface area contributed by atoms with Crippen LogP contribution in [0.25, 0.3) is 0 Å². The number of aliphatic hydroxyl groups is 1. The van der Waals surface area contributed by atoms with Crippen molar-refractivity contribution in [1.29, 1.82) is 0 Å². The number of ether oxygens (including phenoxy) is 2. The van der Waals surface area contributed by atoms with Crippen LogP contribution in [0.5, 0.6) is 0 Å². The van der Waals surface area contributed by atoms with Crippen molar-refractivity contribution in [2.45, 2.75) is 63.6 Å². The molecule has 7 nitrogen and oxygen atoms in total. The molecule has 0 saturated carbocycles. The molecule has 208 valence electrons. The van der Waals surface area contributed by atoms with Crippen LogP contribution < -0.4 is 4.90 Å². The van der Waals surface area contributed by atoms with E-state index in [4.69, 9.17) is 9.47 Å². The number of nitrogens with zero attached hydrogens (tertiary/aromatic N) is 2. The molecule has 1 N–H and O–H groups in total. The lowest BCUT2D eigenvalue weighted by atomic mass is 9.99. The molecular weight excluding hydrogens is 504 g/mol. The van der Waals surface area contributed by atoms with E-state index in [1.165, 1.54) is 37.0 Å². The minimum Gasteiger partial charge on any atom is -0.392 e. The zero-order chi connectivity index (χ0) is 27.5. The molecule has 40 heavy (non-hydrogen) atoms. The number of aliphatic hydroxyl groups excluding tert-OH is 1. The van der Waals surface area contributed by atoms with Crippen LogP contribution in [0.15, 0.2) is 72.8 Å². The number of carbonyl (C=O) groups excluding carboxylic acids is 2. The molecule has 3 aromatic rings. The predicted molar refractivity (Wildman–Crippen MR) is 152 cm³/mol. The van der Waals surface area contributed by atoms with E-state index in [9.17, 15) is 14.7 Å². The quantitative estimate of drug-likeness (QED) is 0.399. The fraction of sp³-hybridized carbons (Fsp3) is 0.394. The van der Waals surface area contributed by atoms with Crippen molar-refractivity contribution in [2.75, 3.05) is 24.5 Å². The van der Waals surface area contributed by atoms with Gasteiger partial charge in [0, 0.05) is 18.5 Å². The topological polar surface area (TPSA) is 79.3 Å². The molecule has 3 aliphatic heterocycles. The van der Waals surface area contributed by atoms with Gasteiger partial charge in [0.15, 0.2) is 6.29 Å². The van der Waals surface area contributed by atoms with Gasteiger partial charge in [-0.2, -0.15) is 0 Å². The highest BCUT2D eigenvalue weighted by molar-refractivity contribution is 6.34. The molecule has 3 heterocycles. The molecular formula is C33H36N2O5. The van der Waals surface area contributed by atoms with Crippen LogP contribution in [0.1, 0.15) is 88.3 Å². The Bertz CT molecular complexity index is 1300. The van der Waals surface area contributed by atoms with E-state index in [2.05, 4.69) is 4.90 Å². The van der Waals surface area contributed by atoms with Crippen molar-refractivity contribution in [3.05, 3.63) is 101 Å². The van der Waals surface area contributed by atoms with Crippen molar-refractivity contribution in [2.24, 2.45) is 0 Å². The van der Waals surface area contributed by atoms with Crippen molar-refractivity contribution < 1.29 is 24.2 Å². The van der Waals surface area contributed by atoms with E-state index in [1.807, 2.05) is 36.4 Å². The standard InChI is InChI=1S/C33H36N2O5/c36-22-23-10-12-24(13-11-23)30-20-27(21-34-18-6-2-1-3-7-19-34)39-33(40-30)25-14-16-26(17-15-25)35-31(37)28-8-4-5-9-29(28)32(35)38/h4-5,8-17,27,30,33,36H,1-3,6-7,18-22H2/t27-,30+,33+/m1/s1. The Kier molecular flexibility index (Phi) is 8.07. The van der Waals surface area contributed by atoms with Gasteiger partial charge < -0.3 is 19.5 Å². The van der Waals surface area contributed by atoms with E-state index < -0.39 is 6.29 Å². The summed E-state index contributed by atoms with van der Waals surface area (Å²) in [6, 6.07) is 22.2. The average Bonchev–Trinajstić information content (AvgIpc) is 3.24. The van der Waals surface area contributed by atoms with Gasteiger partial charge in [0.25, 0.3) is 11.8 Å². The first-order valence-electron chi connectivity index (χ1n) is 14.4. The van der Waals surface area contributed by atoms with Crippen LogP contribution >= 0.6 is 0 Å². The highest BCUT2D eigenvalue weighted by atomic mass is 16.7. The van der Waals surface area contributed by atoms with Gasteiger partial charge in [-0.1, -0.05) is 67.8 Å². The Morgan fingerprint density at radius 1 is 0.725 bits per heavy atom. The number of fused-ring (bicyclic) bond motifs is 1. The zero-order valence-electron chi connectivity index (χ0n) is 22.7. The maximum Gasteiger partial charge on any atom is 0.266 e. The molecule has 7 heteroatoms. The summed E-state index contributed by atoms with van der Waals surface area (Å²) in [7, 11) is 0. The van der Waals surface area contributed by atoms with Gasteiger partial charge in [-0.05, 0) is 61.3 Å². The highest BCUT2D eigenvalue weighted by Crippen LogP contribution is 2.39. The molecule has 2 amide bonds. The SMILES string of the molecule is O=C1c2ccccc2C(=O)N1c1ccc([C@H]2O[C@@H](CN3CCCCCCC3)C[C@@H](c3ccc(CO)cc3)O2)cc1. The number of benzene rings is 3. The van der Waals surface area contributed by atoms with E-state index in [1.54, 1.807) is 36.4 Å². The first-order chi connectivity index (χ1) is 19.6. The lowest BCUT2D eigenvalue weighted by Crippen LogP contribution is -2.40. The molecule has 0 bridgehead atoms. The molecule has 3 aliphatic rings. The second-order valence-corrected chi connectivity index (χ2v) is 11.0. The summed E-state index contributed by atoms with van der Waals surface area (Å²) in [6.07, 6.45) is 6.35. The lowest BCUT2D eigenvalue weighted by Gasteiger charge is -2.39. The van der Waals surface area contributed by atoms with Crippen molar-refractivity contribution >= 4 is 17.5 Å². The van der Waals surface area contributed by atoms with Crippen molar-refractivity contribution in [3.8, 4) is 0 Å². The maximum atomic E-state index is 13.0. The predicted octanol–water partition coefficient (Wildman–Crippen LogP) is 5.79. The van der Waals surface area contributed by atoms with Crippen LogP contribution in [-0.2, 0) is 16.1 Å². The minimum atomic E-state index is -0.577. The van der Waals surface area contributed by atoms with Crippen LogP contribution in [0, 0.1) is 0 Å². The fourth-order valence-electron chi connectivity index (χ4n) is 6.02. The van der Waals surface area contributed by atoms with Gasteiger partial charge in [-0.15, -0.1) is 0 Å². The number of anilines is 1. The van der Waals surface area contributed by atoms with E-state index >= 15 is 0 Å². The summed E-state index contributed by atoms with van der Waals surface area (Å²) >= 11 is 0. The molecule has 0 unspecified atom stereocenters. The Labute approximate surface area is 235 Å². The smallest absolute Gasteiger partial charge is 0.266 e. The number of hydrogen-bond acceptors (Lipinski definition) is 6. The van der Waals surface area contributed by atoms with Crippen molar-refractivity contribution in [1.82, 2.24) is 4.90 Å². The minimum absolute atomic E-state index is 0.00314. The van der Waals surface area contributed by atoms with Crippen LogP contribution in [0.2, 0.25) is 0 Å². The van der Waals surface area contributed by atoms with Gasteiger partial charge in [0.05, 0.1) is 35.6 Å². The largest absolute Gasteiger partial charge is 0.392 e. The second-order valence-electron chi connectivity index (χ2n) is 11.0. The third-order valence-electron chi connectivity index (χ3n) is 8.24. The van der Waals surface area contributed by atoms with Crippen LogP contribution in [-0.4, -0.2) is 47.6 Å². The summed E-state index contributed by atoms with van der Waals surface area (Å²) in [4.78, 5) is 29.7. The first kappa shape index (κ1) is 26.8. The third-order valence-corrected chi connectivity index (χ3v) is 8.24. The van der Waals surface area contributed by atoms with Gasteiger partial charge in [-0.25, -0.2) is 4.90 Å². The normalized spacial score (nSPS) is 24.0.